The molecule has 1 aliphatic heterocycles. The maximum atomic E-state index is 12.1. The highest BCUT2D eigenvalue weighted by atomic mass is 16.1. The first-order valence-electron chi connectivity index (χ1n) is 7.91. The van der Waals surface area contributed by atoms with E-state index in [1.807, 2.05) is 30.5 Å². The minimum atomic E-state index is 0.0248. The predicted molar refractivity (Wildman–Crippen MR) is 85.5 cm³/mol. The highest BCUT2D eigenvalue weighted by molar-refractivity contribution is 5.98. The number of aromatic nitrogens is 1. The molecule has 1 amide bonds. The van der Waals surface area contributed by atoms with Crippen molar-refractivity contribution in [2.45, 2.75) is 25.7 Å². The summed E-state index contributed by atoms with van der Waals surface area (Å²) in [6.45, 7) is 4.29. The van der Waals surface area contributed by atoms with Crippen LogP contribution in [0.1, 0.15) is 36.0 Å². The van der Waals surface area contributed by atoms with E-state index in [4.69, 9.17) is 0 Å². The number of hydrogen-bond donors (Lipinski definition) is 2. The van der Waals surface area contributed by atoms with Crippen molar-refractivity contribution < 1.29 is 4.79 Å². The number of benzene rings is 1. The summed E-state index contributed by atoms with van der Waals surface area (Å²) in [5.41, 5.74) is 1.80. The zero-order valence-electron chi connectivity index (χ0n) is 12.4. The predicted octanol–water partition coefficient (Wildman–Crippen LogP) is 2.77. The molecule has 3 rings (SSSR count). The second-order valence-electron chi connectivity index (χ2n) is 5.79. The van der Waals surface area contributed by atoms with Gasteiger partial charge in [0.1, 0.15) is 0 Å². The molecule has 112 valence electrons. The second kappa shape index (κ2) is 6.76. The van der Waals surface area contributed by atoms with Crippen LogP contribution in [0.3, 0.4) is 0 Å². The molecule has 1 aromatic heterocycles. The number of H-pyrrole nitrogens is 1. The lowest BCUT2D eigenvalue weighted by atomic mass is 10.1. The summed E-state index contributed by atoms with van der Waals surface area (Å²) in [4.78, 5) is 17.8. The highest BCUT2D eigenvalue weighted by Crippen LogP contribution is 2.14. The van der Waals surface area contributed by atoms with E-state index in [1.165, 1.54) is 32.4 Å². The summed E-state index contributed by atoms with van der Waals surface area (Å²) in [6.07, 6.45) is 6.93. The molecular formula is C17H23N3O. The number of hydrogen-bond acceptors (Lipinski definition) is 2. The third kappa shape index (κ3) is 3.64. The van der Waals surface area contributed by atoms with Gasteiger partial charge in [-0.3, -0.25) is 4.79 Å². The molecule has 0 aliphatic carbocycles. The fraction of sp³-hybridized carbons (Fsp3) is 0.471. The third-order valence-corrected chi connectivity index (χ3v) is 4.20. The summed E-state index contributed by atoms with van der Waals surface area (Å²) < 4.78 is 0. The second-order valence-corrected chi connectivity index (χ2v) is 5.79. The summed E-state index contributed by atoms with van der Waals surface area (Å²) in [7, 11) is 0. The van der Waals surface area contributed by atoms with Gasteiger partial charge in [0.05, 0.1) is 0 Å². The van der Waals surface area contributed by atoms with Crippen molar-refractivity contribution in [2.75, 3.05) is 26.2 Å². The van der Waals surface area contributed by atoms with E-state index in [-0.39, 0.29) is 5.91 Å². The first-order valence-corrected chi connectivity index (χ1v) is 7.91. The average Bonchev–Trinajstić information content (AvgIpc) is 3.00. The summed E-state index contributed by atoms with van der Waals surface area (Å²) in [5, 5.41) is 4.10. The van der Waals surface area contributed by atoms with Crippen LogP contribution in [0.15, 0.2) is 30.5 Å². The molecule has 1 saturated heterocycles. The molecular weight excluding hydrogens is 262 g/mol. The molecule has 2 aromatic rings. The molecule has 0 unspecified atom stereocenters. The highest BCUT2D eigenvalue weighted by Gasteiger charge is 2.10. The normalized spacial score (nSPS) is 16.2. The maximum Gasteiger partial charge on any atom is 0.251 e. The first-order chi connectivity index (χ1) is 10.3. The Kier molecular flexibility index (Phi) is 4.55. The van der Waals surface area contributed by atoms with Crippen molar-refractivity contribution in [3.63, 3.8) is 0 Å². The van der Waals surface area contributed by atoms with Crippen molar-refractivity contribution >= 4 is 16.8 Å². The van der Waals surface area contributed by atoms with Gasteiger partial charge in [-0.15, -0.1) is 0 Å². The molecule has 2 heterocycles. The Morgan fingerprint density at radius 1 is 1.19 bits per heavy atom. The molecule has 0 atom stereocenters. The Labute approximate surface area is 125 Å². The lowest BCUT2D eigenvalue weighted by Crippen LogP contribution is -2.33. The fourth-order valence-corrected chi connectivity index (χ4v) is 2.98. The van der Waals surface area contributed by atoms with Gasteiger partial charge in [-0.1, -0.05) is 6.42 Å². The molecule has 1 aliphatic rings. The number of piperidine rings is 1. The van der Waals surface area contributed by atoms with Crippen LogP contribution in [0.5, 0.6) is 0 Å². The van der Waals surface area contributed by atoms with Crippen LogP contribution >= 0.6 is 0 Å². The topological polar surface area (TPSA) is 48.1 Å². The van der Waals surface area contributed by atoms with Crippen molar-refractivity contribution in [3.05, 3.63) is 36.0 Å². The number of nitrogens with one attached hydrogen (secondary N) is 2. The number of carbonyl (C=O) groups excluding carboxylic acids is 1. The Hall–Kier alpha value is -1.81. The van der Waals surface area contributed by atoms with Gasteiger partial charge < -0.3 is 15.2 Å². The Morgan fingerprint density at radius 3 is 2.90 bits per heavy atom. The van der Waals surface area contributed by atoms with Gasteiger partial charge in [-0.2, -0.15) is 0 Å². The van der Waals surface area contributed by atoms with Crippen LogP contribution in [0, 0.1) is 0 Å². The van der Waals surface area contributed by atoms with Gasteiger partial charge in [-0.05, 0) is 63.2 Å². The SMILES string of the molecule is O=C(NCCCN1CCCCC1)c1ccc2[nH]ccc2c1. The number of rotatable bonds is 5. The van der Waals surface area contributed by atoms with Crippen molar-refractivity contribution in [2.24, 2.45) is 0 Å². The van der Waals surface area contributed by atoms with Gasteiger partial charge in [-0.25, -0.2) is 0 Å². The Morgan fingerprint density at radius 2 is 2.05 bits per heavy atom. The number of aromatic amines is 1. The average molecular weight is 285 g/mol. The van der Waals surface area contributed by atoms with E-state index in [0.717, 1.165) is 36.0 Å². The van der Waals surface area contributed by atoms with E-state index >= 15 is 0 Å². The standard InChI is InChI=1S/C17H23N3O/c21-17(15-5-6-16-14(13-15)7-9-18-16)19-8-4-12-20-10-2-1-3-11-20/h5-7,9,13,18H,1-4,8,10-12H2,(H,19,21). The summed E-state index contributed by atoms with van der Waals surface area (Å²) in [5.74, 6) is 0.0248. The van der Waals surface area contributed by atoms with Gasteiger partial charge in [0.15, 0.2) is 0 Å². The quantitative estimate of drug-likeness (QED) is 0.830. The minimum absolute atomic E-state index is 0.0248. The number of amides is 1. The molecule has 4 nitrogen and oxygen atoms in total. The molecule has 21 heavy (non-hydrogen) atoms. The molecule has 0 spiro atoms. The maximum absolute atomic E-state index is 12.1. The molecule has 4 heteroatoms. The molecule has 1 aromatic carbocycles. The van der Waals surface area contributed by atoms with Crippen LogP contribution in [0.2, 0.25) is 0 Å². The largest absolute Gasteiger partial charge is 0.361 e. The molecule has 1 fully saturated rings. The number of likely N-dealkylation sites (tertiary alicyclic amines) is 1. The monoisotopic (exact) mass is 285 g/mol. The fourth-order valence-electron chi connectivity index (χ4n) is 2.98. The van der Waals surface area contributed by atoms with E-state index in [1.54, 1.807) is 0 Å². The van der Waals surface area contributed by atoms with Crippen molar-refractivity contribution in [1.82, 2.24) is 15.2 Å². The van der Waals surface area contributed by atoms with Crippen LogP contribution in [0.4, 0.5) is 0 Å². The molecule has 0 radical (unpaired) electrons. The lowest BCUT2D eigenvalue weighted by molar-refractivity contribution is 0.0951. The van der Waals surface area contributed by atoms with Gasteiger partial charge in [0, 0.05) is 29.2 Å². The Bertz CT molecular complexity index is 599. The van der Waals surface area contributed by atoms with E-state index in [9.17, 15) is 4.79 Å². The van der Waals surface area contributed by atoms with E-state index in [2.05, 4.69) is 15.2 Å². The number of nitrogens with zero attached hydrogens (tertiary/aromatic N) is 1. The summed E-state index contributed by atoms with van der Waals surface area (Å²) >= 11 is 0. The third-order valence-electron chi connectivity index (χ3n) is 4.20. The van der Waals surface area contributed by atoms with Crippen LogP contribution < -0.4 is 5.32 Å². The van der Waals surface area contributed by atoms with Crippen molar-refractivity contribution in [3.8, 4) is 0 Å². The number of carbonyl (C=O) groups is 1. The zero-order valence-corrected chi connectivity index (χ0v) is 12.4. The van der Waals surface area contributed by atoms with Crippen molar-refractivity contribution in [1.29, 1.82) is 0 Å². The molecule has 0 bridgehead atoms. The lowest BCUT2D eigenvalue weighted by Gasteiger charge is -2.26. The van der Waals surface area contributed by atoms with Gasteiger partial charge in [0.2, 0.25) is 0 Å². The van der Waals surface area contributed by atoms with E-state index < -0.39 is 0 Å². The van der Waals surface area contributed by atoms with Gasteiger partial charge >= 0.3 is 0 Å². The zero-order chi connectivity index (χ0) is 14.5. The van der Waals surface area contributed by atoms with Crippen LogP contribution in [-0.2, 0) is 0 Å². The van der Waals surface area contributed by atoms with Crippen LogP contribution in [0.25, 0.3) is 10.9 Å². The molecule has 2 N–H and O–H groups in total. The van der Waals surface area contributed by atoms with E-state index in [0.29, 0.717) is 0 Å². The van der Waals surface area contributed by atoms with Gasteiger partial charge in [0.25, 0.3) is 5.91 Å². The summed E-state index contributed by atoms with van der Waals surface area (Å²) in [6, 6.07) is 7.76. The molecule has 0 saturated carbocycles. The number of fused-ring (bicyclic) bond motifs is 1. The Balaban J connectivity index is 1.45. The van der Waals surface area contributed by atoms with Crippen LogP contribution in [-0.4, -0.2) is 42.0 Å². The smallest absolute Gasteiger partial charge is 0.251 e. The minimum Gasteiger partial charge on any atom is -0.361 e. The first kappa shape index (κ1) is 14.1.